The maximum atomic E-state index is 12.9. The lowest BCUT2D eigenvalue weighted by atomic mass is 10.0. The maximum Gasteiger partial charge on any atom is 0.264 e. The number of ether oxygens (including phenoxy) is 1. The van der Waals surface area contributed by atoms with E-state index in [-0.39, 0.29) is 17.9 Å². The molecule has 0 N–H and O–H groups in total. The molecule has 0 aliphatic carbocycles. The van der Waals surface area contributed by atoms with E-state index < -0.39 is 0 Å². The van der Waals surface area contributed by atoms with Gasteiger partial charge in [-0.25, -0.2) is 0 Å². The van der Waals surface area contributed by atoms with Gasteiger partial charge in [-0.2, -0.15) is 0 Å². The summed E-state index contributed by atoms with van der Waals surface area (Å²) in [5.74, 6) is 1.09. The Bertz CT molecular complexity index is 829. The second-order valence-corrected chi connectivity index (χ2v) is 8.50. The summed E-state index contributed by atoms with van der Waals surface area (Å²) < 4.78 is 5.25. The van der Waals surface area contributed by atoms with Crippen LogP contribution < -0.4 is 4.74 Å². The van der Waals surface area contributed by atoms with E-state index in [1.807, 2.05) is 39.4 Å². The van der Waals surface area contributed by atoms with Gasteiger partial charge in [0.15, 0.2) is 0 Å². The van der Waals surface area contributed by atoms with Gasteiger partial charge in [0.25, 0.3) is 5.91 Å². The first-order valence-electron chi connectivity index (χ1n) is 10.1. The van der Waals surface area contributed by atoms with Gasteiger partial charge in [0.2, 0.25) is 5.91 Å². The molecular weight excluding hydrogens is 386 g/mol. The maximum absolute atomic E-state index is 12.9. The van der Waals surface area contributed by atoms with Crippen LogP contribution in [-0.4, -0.2) is 72.9 Å². The molecule has 2 saturated heterocycles. The predicted octanol–water partition coefficient (Wildman–Crippen LogP) is 2.88. The van der Waals surface area contributed by atoms with Crippen LogP contribution in [0.15, 0.2) is 41.8 Å². The lowest BCUT2D eigenvalue weighted by Crippen LogP contribution is -2.52. The second-order valence-electron chi connectivity index (χ2n) is 7.55. The average molecular weight is 414 g/mol. The number of carbonyl (C=O) groups is 2. The SMILES string of the molecule is COc1ccc(C2CCCN2CC(=O)N2CCN(C(=O)c3cccs3)CC2)cc1. The van der Waals surface area contributed by atoms with Crippen molar-refractivity contribution in [1.82, 2.24) is 14.7 Å². The van der Waals surface area contributed by atoms with Crippen molar-refractivity contribution >= 4 is 23.2 Å². The van der Waals surface area contributed by atoms with Gasteiger partial charge in [-0.3, -0.25) is 14.5 Å². The largest absolute Gasteiger partial charge is 0.497 e. The predicted molar refractivity (Wildman–Crippen MR) is 113 cm³/mol. The lowest BCUT2D eigenvalue weighted by molar-refractivity contribution is -0.134. The third kappa shape index (κ3) is 4.46. The Morgan fingerprint density at radius 1 is 1.03 bits per heavy atom. The number of nitrogens with zero attached hydrogens (tertiary/aromatic N) is 3. The fourth-order valence-electron chi connectivity index (χ4n) is 4.21. The number of amides is 2. The minimum atomic E-state index is 0.0752. The van der Waals surface area contributed by atoms with Gasteiger partial charge in [-0.05, 0) is 48.5 Å². The third-order valence-electron chi connectivity index (χ3n) is 5.85. The highest BCUT2D eigenvalue weighted by molar-refractivity contribution is 7.12. The summed E-state index contributed by atoms with van der Waals surface area (Å²) >= 11 is 1.47. The van der Waals surface area contributed by atoms with E-state index in [1.165, 1.54) is 16.9 Å². The molecule has 1 aromatic carbocycles. The van der Waals surface area contributed by atoms with Crippen LogP contribution >= 0.6 is 11.3 Å². The molecule has 3 heterocycles. The molecule has 1 atom stereocenters. The van der Waals surface area contributed by atoms with Crippen LogP contribution in [0.5, 0.6) is 5.75 Å². The number of thiophene rings is 1. The highest BCUT2D eigenvalue weighted by atomic mass is 32.1. The van der Waals surface area contributed by atoms with Gasteiger partial charge in [-0.1, -0.05) is 18.2 Å². The summed E-state index contributed by atoms with van der Waals surface area (Å²) in [5, 5.41) is 1.92. The first-order valence-corrected chi connectivity index (χ1v) is 11.0. The molecule has 29 heavy (non-hydrogen) atoms. The Morgan fingerprint density at radius 2 is 1.76 bits per heavy atom. The van der Waals surface area contributed by atoms with Crippen LogP contribution in [0.2, 0.25) is 0 Å². The summed E-state index contributed by atoms with van der Waals surface area (Å²) in [4.78, 5) is 32.2. The second kappa shape index (κ2) is 8.97. The molecule has 6 nitrogen and oxygen atoms in total. The average Bonchev–Trinajstić information content (AvgIpc) is 3.46. The van der Waals surface area contributed by atoms with Gasteiger partial charge in [-0.15, -0.1) is 11.3 Å². The zero-order valence-electron chi connectivity index (χ0n) is 16.8. The van der Waals surface area contributed by atoms with E-state index in [1.54, 1.807) is 7.11 Å². The number of piperazine rings is 1. The Labute approximate surface area is 175 Å². The number of methoxy groups -OCH3 is 1. The Morgan fingerprint density at radius 3 is 2.41 bits per heavy atom. The number of carbonyl (C=O) groups excluding carboxylic acids is 2. The summed E-state index contributed by atoms with van der Waals surface area (Å²) in [6.07, 6.45) is 2.18. The Kier molecular flexibility index (Phi) is 6.16. The van der Waals surface area contributed by atoms with Gasteiger partial charge in [0.1, 0.15) is 5.75 Å². The molecule has 2 aliphatic rings. The van der Waals surface area contributed by atoms with Crippen molar-refractivity contribution in [2.45, 2.75) is 18.9 Å². The van der Waals surface area contributed by atoms with Crippen molar-refractivity contribution < 1.29 is 14.3 Å². The van der Waals surface area contributed by atoms with Crippen LogP contribution in [0, 0.1) is 0 Å². The number of rotatable bonds is 5. The molecule has 1 unspecified atom stereocenters. The summed E-state index contributed by atoms with van der Waals surface area (Å²) in [7, 11) is 1.67. The Hall–Kier alpha value is -2.38. The van der Waals surface area contributed by atoms with Gasteiger partial charge in [0, 0.05) is 32.2 Å². The minimum absolute atomic E-state index is 0.0752. The molecule has 2 aliphatic heterocycles. The van der Waals surface area contributed by atoms with Crippen molar-refractivity contribution in [3.63, 3.8) is 0 Å². The van der Waals surface area contributed by atoms with Crippen molar-refractivity contribution in [2.24, 2.45) is 0 Å². The molecule has 0 bridgehead atoms. The summed E-state index contributed by atoms with van der Waals surface area (Å²) in [6.45, 7) is 3.80. The standard InChI is InChI=1S/C22H27N3O3S/c1-28-18-8-6-17(7-9-18)19-4-2-10-25(19)16-21(26)23-11-13-24(14-12-23)22(27)20-5-3-15-29-20/h3,5-9,15,19H,2,4,10-14,16H2,1H3. The van der Waals surface area contributed by atoms with Crippen molar-refractivity contribution in [3.05, 3.63) is 52.2 Å². The van der Waals surface area contributed by atoms with Gasteiger partial charge < -0.3 is 14.5 Å². The third-order valence-corrected chi connectivity index (χ3v) is 6.71. The molecule has 2 amide bonds. The molecular formula is C22H27N3O3S. The number of benzene rings is 1. The van der Waals surface area contributed by atoms with Crippen molar-refractivity contribution in [1.29, 1.82) is 0 Å². The highest BCUT2D eigenvalue weighted by Gasteiger charge is 2.31. The van der Waals surface area contributed by atoms with E-state index in [9.17, 15) is 9.59 Å². The molecule has 7 heteroatoms. The molecule has 0 radical (unpaired) electrons. The topological polar surface area (TPSA) is 53.1 Å². The number of likely N-dealkylation sites (tertiary alicyclic amines) is 1. The zero-order chi connectivity index (χ0) is 20.2. The molecule has 1 aromatic heterocycles. The van der Waals surface area contributed by atoms with Crippen LogP contribution in [0.4, 0.5) is 0 Å². The fourth-order valence-corrected chi connectivity index (χ4v) is 4.90. The minimum Gasteiger partial charge on any atom is -0.497 e. The molecule has 154 valence electrons. The molecule has 0 saturated carbocycles. The van der Waals surface area contributed by atoms with Crippen LogP contribution in [-0.2, 0) is 4.79 Å². The van der Waals surface area contributed by atoms with Crippen LogP contribution in [0.3, 0.4) is 0 Å². The highest BCUT2D eigenvalue weighted by Crippen LogP contribution is 2.32. The quantitative estimate of drug-likeness (QED) is 0.756. The Balaban J connectivity index is 1.31. The van der Waals surface area contributed by atoms with Crippen molar-refractivity contribution in [2.75, 3.05) is 46.4 Å². The number of hydrogen-bond acceptors (Lipinski definition) is 5. The van der Waals surface area contributed by atoms with E-state index in [0.717, 1.165) is 30.0 Å². The van der Waals surface area contributed by atoms with E-state index >= 15 is 0 Å². The summed E-state index contributed by atoms with van der Waals surface area (Å²) in [5.41, 5.74) is 1.24. The van der Waals surface area contributed by atoms with Crippen LogP contribution in [0.1, 0.15) is 34.1 Å². The van der Waals surface area contributed by atoms with Gasteiger partial charge in [0.05, 0.1) is 18.5 Å². The van der Waals surface area contributed by atoms with Crippen LogP contribution in [0.25, 0.3) is 0 Å². The molecule has 4 rings (SSSR count). The fraction of sp³-hybridized carbons (Fsp3) is 0.455. The van der Waals surface area contributed by atoms with Gasteiger partial charge >= 0.3 is 0 Å². The summed E-state index contributed by atoms with van der Waals surface area (Å²) in [6, 6.07) is 12.2. The molecule has 2 fully saturated rings. The normalized spacial score (nSPS) is 20.1. The monoisotopic (exact) mass is 413 g/mol. The lowest BCUT2D eigenvalue weighted by Gasteiger charge is -2.36. The number of hydrogen-bond donors (Lipinski definition) is 0. The first-order chi connectivity index (χ1) is 14.2. The van der Waals surface area contributed by atoms with E-state index in [2.05, 4.69) is 17.0 Å². The smallest absolute Gasteiger partial charge is 0.264 e. The zero-order valence-corrected chi connectivity index (χ0v) is 17.6. The van der Waals surface area contributed by atoms with E-state index in [0.29, 0.717) is 32.7 Å². The molecule has 0 spiro atoms. The van der Waals surface area contributed by atoms with E-state index in [4.69, 9.17) is 4.74 Å². The first kappa shape index (κ1) is 19.9. The molecule has 2 aromatic rings. The van der Waals surface area contributed by atoms with Crippen molar-refractivity contribution in [3.8, 4) is 5.75 Å².